The number of hydrogen-bond acceptors (Lipinski definition) is 3. The summed E-state index contributed by atoms with van der Waals surface area (Å²) in [4.78, 5) is 4.04. The Morgan fingerprint density at radius 2 is 2.20 bits per heavy atom. The average molecular weight is 289 g/mol. The third-order valence-electron chi connectivity index (χ3n) is 1.71. The molecule has 0 bridgehead atoms. The Morgan fingerprint density at radius 3 is 2.87 bits per heavy atom. The number of nitrogens with zero attached hydrogens (tertiary/aromatic N) is 1. The Hall–Kier alpha value is -1.00. The van der Waals surface area contributed by atoms with Gasteiger partial charge in [-0.25, -0.2) is 4.98 Å². The Bertz CT molecular complexity index is 458. The number of oxazole rings is 1. The van der Waals surface area contributed by atoms with Crippen molar-refractivity contribution < 1.29 is 9.15 Å². The van der Waals surface area contributed by atoms with Gasteiger partial charge in [0.2, 0.25) is 5.89 Å². The molecule has 78 valence electrons. The van der Waals surface area contributed by atoms with Gasteiger partial charge in [0.05, 0.1) is 5.02 Å². The van der Waals surface area contributed by atoms with Crippen molar-refractivity contribution in [2.75, 3.05) is 0 Å². The maximum atomic E-state index is 5.91. The Kier molecular flexibility index (Phi) is 3.28. The van der Waals surface area contributed by atoms with Crippen LogP contribution in [0.25, 0.3) is 0 Å². The molecule has 1 aromatic heterocycles. The zero-order valence-electron chi connectivity index (χ0n) is 7.61. The summed E-state index contributed by atoms with van der Waals surface area (Å²) in [7, 11) is 0. The molecule has 5 heteroatoms. The molecule has 0 saturated heterocycles. The van der Waals surface area contributed by atoms with Gasteiger partial charge in [0, 0.05) is 0 Å². The average Bonchev–Trinajstić information content (AvgIpc) is 2.63. The second-order valence-electron chi connectivity index (χ2n) is 2.78. The van der Waals surface area contributed by atoms with E-state index in [2.05, 4.69) is 20.9 Å². The molecule has 15 heavy (non-hydrogen) atoms. The standard InChI is InChI=1S/C10H7BrClNO2/c11-9-5-15-10(13-9)6-14-8-4-2-1-3-7(8)12/h1-5H,6H2. The first kappa shape index (κ1) is 10.5. The van der Waals surface area contributed by atoms with E-state index < -0.39 is 0 Å². The van der Waals surface area contributed by atoms with E-state index in [1.807, 2.05) is 12.1 Å². The Balaban J connectivity index is 2.02. The number of ether oxygens (including phenoxy) is 1. The van der Waals surface area contributed by atoms with E-state index in [0.717, 1.165) is 0 Å². The van der Waals surface area contributed by atoms with E-state index in [-0.39, 0.29) is 6.61 Å². The first-order chi connectivity index (χ1) is 7.25. The number of rotatable bonds is 3. The quantitative estimate of drug-likeness (QED) is 0.864. The third kappa shape index (κ3) is 2.73. The van der Waals surface area contributed by atoms with Crippen LogP contribution < -0.4 is 4.74 Å². The normalized spacial score (nSPS) is 10.3. The van der Waals surface area contributed by atoms with Gasteiger partial charge in [0.25, 0.3) is 0 Å². The molecular weight excluding hydrogens is 281 g/mol. The van der Waals surface area contributed by atoms with Crippen LogP contribution in [-0.2, 0) is 6.61 Å². The van der Waals surface area contributed by atoms with Gasteiger partial charge in [0.15, 0.2) is 6.61 Å². The highest BCUT2D eigenvalue weighted by Crippen LogP contribution is 2.24. The molecule has 0 aliphatic heterocycles. The van der Waals surface area contributed by atoms with Crippen LogP contribution in [0.1, 0.15) is 5.89 Å². The molecule has 0 amide bonds. The summed E-state index contributed by atoms with van der Waals surface area (Å²) < 4.78 is 11.2. The minimum atomic E-state index is 0.259. The van der Waals surface area contributed by atoms with Crippen molar-refractivity contribution in [2.24, 2.45) is 0 Å². The molecule has 2 rings (SSSR count). The maximum absolute atomic E-state index is 5.91. The van der Waals surface area contributed by atoms with Gasteiger partial charge >= 0.3 is 0 Å². The highest BCUT2D eigenvalue weighted by molar-refractivity contribution is 9.10. The number of benzene rings is 1. The van der Waals surface area contributed by atoms with E-state index in [0.29, 0.717) is 21.3 Å². The third-order valence-corrected chi connectivity index (χ3v) is 2.39. The summed E-state index contributed by atoms with van der Waals surface area (Å²) in [5, 5.41) is 0.572. The fraction of sp³-hybridized carbons (Fsp3) is 0.100. The lowest BCUT2D eigenvalue weighted by atomic mass is 10.3. The molecule has 1 aromatic carbocycles. The van der Waals surface area contributed by atoms with E-state index in [9.17, 15) is 0 Å². The molecule has 0 atom stereocenters. The molecule has 0 radical (unpaired) electrons. The molecule has 0 fully saturated rings. The van der Waals surface area contributed by atoms with E-state index >= 15 is 0 Å². The van der Waals surface area contributed by atoms with Crippen LogP contribution in [0.2, 0.25) is 5.02 Å². The largest absolute Gasteiger partial charge is 0.482 e. The molecule has 0 N–H and O–H groups in total. The molecule has 0 unspecified atom stereocenters. The summed E-state index contributed by atoms with van der Waals surface area (Å²) in [5.41, 5.74) is 0. The summed E-state index contributed by atoms with van der Waals surface area (Å²) in [6.07, 6.45) is 1.51. The highest BCUT2D eigenvalue weighted by Gasteiger charge is 2.04. The zero-order chi connectivity index (χ0) is 10.7. The topological polar surface area (TPSA) is 35.3 Å². The number of para-hydroxylation sites is 1. The smallest absolute Gasteiger partial charge is 0.233 e. The second-order valence-corrected chi connectivity index (χ2v) is 4.00. The van der Waals surface area contributed by atoms with Gasteiger partial charge < -0.3 is 9.15 Å². The first-order valence-corrected chi connectivity index (χ1v) is 5.40. The Morgan fingerprint density at radius 1 is 1.40 bits per heavy atom. The Labute approximate surface area is 100 Å². The zero-order valence-corrected chi connectivity index (χ0v) is 9.96. The van der Waals surface area contributed by atoms with Crippen LogP contribution in [0.15, 0.2) is 39.5 Å². The fourth-order valence-electron chi connectivity index (χ4n) is 1.06. The van der Waals surface area contributed by atoms with E-state index in [1.165, 1.54) is 6.26 Å². The molecule has 0 spiro atoms. The van der Waals surface area contributed by atoms with Gasteiger partial charge in [0.1, 0.15) is 16.6 Å². The lowest BCUT2D eigenvalue weighted by Gasteiger charge is -2.04. The minimum Gasteiger partial charge on any atom is -0.482 e. The number of halogens is 2. The van der Waals surface area contributed by atoms with Crippen LogP contribution in [0, 0.1) is 0 Å². The lowest BCUT2D eigenvalue weighted by Crippen LogP contribution is -1.95. The number of hydrogen-bond donors (Lipinski definition) is 0. The van der Waals surface area contributed by atoms with Gasteiger partial charge in [-0.2, -0.15) is 0 Å². The molecule has 2 aromatic rings. The monoisotopic (exact) mass is 287 g/mol. The maximum Gasteiger partial charge on any atom is 0.233 e. The highest BCUT2D eigenvalue weighted by atomic mass is 79.9. The van der Waals surface area contributed by atoms with Gasteiger partial charge in [-0.3, -0.25) is 0 Å². The van der Waals surface area contributed by atoms with Crippen LogP contribution >= 0.6 is 27.5 Å². The lowest BCUT2D eigenvalue weighted by molar-refractivity contribution is 0.263. The van der Waals surface area contributed by atoms with Gasteiger partial charge in [-0.05, 0) is 28.1 Å². The fourth-order valence-corrected chi connectivity index (χ4v) is 1.54. The van der Waals surface area contributed by atoms with Crippen LogP contribution in [0.5, 0.6) is 5.75 Å². The minimum absolute atomic E-state index is 0.259. The van der Waals surface area contributed by atoms with Crippen LogP contribution in [-0.4, -0.2) is 4.98 Å². The van der Waals surface area contributed by atoms with Crippen molar-refractivity contribution in [1.29, 1.82) is 0 Å². The predicted octanol–water partition coefficient (Wildman–Crippen LogP) is 3.67. The van der Waals surface area contributed by atoms with Crippen molar-refractivity contribution in [3.8, 4) is 5.75 Å². The first-order valence-electron chi connectivity index (χ1n) is 4.23. The summed E-state index contributed by atoms with van der Waals surface area (Å²) in [6.45, 7) is 0.259. The number of aromatic nitrogens is 1. The van der Waals surface area contributed by atoms with Gasteiger partial charge in [-0.1, -0.05) is 23.7 Å². The molecule has 0 aliphatic rings. The van der Waals surface area contributed by atoms with Gasteiger partial charge in [-0.15, -0.1) is 0 Å². The second kappa shape index (κ2) is 4.68. The summed E-state index contributed by atoms with van der Waals surface area (Å²) in [6, 6.07) is 7.26. The molecule has 1 heterocycles. The van der Waals surface area contributed by atoms with Crippen LogP contribution in [0.4, 0.5) is 0 Å². The SMILES string of the molecule is Clc1ccccc1OCc1nc(Br)co1. The predicted molar refractivity (Wildman–Crippen MR) is 60.0 cm³/mol. The van der Waals surface area contributed by atoms with Crippen molar-refractivity contribution in [3.63, 3.8) is 0 Å². The van der Waals surface area contributed by atoms with E-state index in [1.54, 1.807) is 12.1 Å². The molecule has 0 saturated carbocycles. The summed E-state index contributed by atoms with van der Waals surface area (Å²) >= 11 is 9.10. The van der Waals surface area contributed by atoms with Crippen molar-refractivity contribution >= 4 is 27.5 Å². The molecule has 0 aliphatic carbocycles. The van der Waals surface area contributed by atoms with Crippen molar-refractivity contribution in [3.05, 3.63) is 46.0 Å². The van der Waals surface area contributed by atoms with E-state index in [4.69, 9.17) is 20.8 Å². The van der Waals surface area contributed by atoms with Crippen LogP contribution in [0.3, 0.4) is 0 Å². The van der Waals surface area contributed by atoms with Crippen molar-refractivity contribution in [2.45, 2.75) is 6.61 Å². The van der Waals surface area contributed by atoms with Crippen molar-refractivity contribution in [1.82, 2.24) is 4.98 Å². The summed E-state index contributed by atoms with van der Waals surface area (Å²) in [5.74, 6) is 1.12. The molecular formula is C10H7BrClNO2. The molecule has 3 nitrogen and oxygen atoms in total.